The topological polar surface area (TPSA) is 27.7 Å². The van der Waals surface area contributed by atoms with Crippen LogP contribution in [0.5, 0.6) is 17.2 Å². The van der Waals surface area contributed by atoms with Gasteiger partial charge in [0, 0.05) is 17.3 Å². The van der Waals surface area contributed by atoms with Crippen molar-refractivity contribution >= 4 is 13.2 Å². The van der Waals surface area contributed by atoms with Crippen LogP contribution >= 0.6 is 7.92 Å². The van der Waals surface area contributed by atoms with E-state index in [0.717, 1.165) is 34.8 Å². The van der Waals surface area contributed by atoms with Crippen molar-refractivity contribution in [1.82, 2.24) is 0 Å². The fourth-order valence-corrected chi connectivity index (χ4v) is 7.92. The number of hydrogen-bond acceptors (Lipinski definition) is 3. The first-order valence-corrected chi connectivity index (χ1v) is 12.5. The third-order valence-corrected chi connectivity index (χ3v) is 9.36. The zero-order chi connectivity index (χ0) is 23.0. The highest BCUT2D eigenvalue weighted by Gasteiger charge is 2.43. The van der Waals surface area contributed by atoms with Crippen molar-refractivity contribution in [3.8, 4) is 28.4 Å². The molecule has 4 heteroatoms. The van der Waals surface area contributed by atoms with Gasteiger partial charge in [0.05, 0.1) is 19.8 Å². The van der Waals surface area contributed by atoms with Crippen molar-refractivity contribution in [3.05, 3.63) is 71.3 Å². The van der Waals surface area contributed by atoms with Gasteiger partial charge in [-0.3, -0.25) is 0 Å². The van der Waals surface area contributed by atoms with Crippen LogP contribution in [0.3, 0.4) is 0 Å². The quantitative estimate of drug-likeness (QED) is 0.399. The first-order chi connectivity index (χ1) is 15.2. The summed E-state index contributed by atoms with van der Waals surface area (Å²) in [6.07, 6.45) is 0.909. The van der Waals surface area contributed by atoms with Crippen LogP contribution in [0.2, 0.25) is 0 Å². The largest absolute Gasteiger partial charge is 0.496 e. The van der Waals surface area contributed by atoms with Crippen molar-refractivity contribution in [1.29, 1.82) is 0 Å². The highest BCUT2D eigenvalue weighted by atomic mass is 31.1. The van der Waals surface area contributed by atoms with Gasteiger partial charge in [-0.1, -0.05) is 62.7 Å². The summed E-state index contributed by atoms with van der Waals surface area (Å²) in [7, 11) is 2.81. The minimum absolute atomic E-state index is 0.0786. The third-order valence-electron chi connectivity index (χ3n) is 6.10. The number of ether oxygens (including phenoxy) is 3. The van der Waals surface area contributed by atoms with Crippen LogP contribution < -0.4 is 19.5 Å². The van der Waals surface area contributed by atoms with E-state index in [1.54, 1.807) is 14.2 Å². The summed E-state index contributed by atoms with van der Waals surface area (Å²) < 4.78 is 18.2. The molecule has 4 rings (SSSR count). The van der Waals surface area contributed by atoms with Crippen LogP contribution in [0, 0.1) is 13.8 Å². The molecule has 32 heavy (non-hydrogen) atoms. The Hall–Kier alpha value is -2.51. The molecule has 0 radical (unpaired) electrons. The molecule has 1 heterocycles. The monoisotopic (exact) mass is 448 g/mol. The molecular formula is C28H33O3P. The summed E-state index contributed by atoms with van der Waals surface area (Å²) in [5.74, 6) is 2.76. The van der Waals surface area contributed by atoms with E-state index in [9.17, 15) is 0 Å². The zero-order valence-electron chi connectivity index (χ0n) is 20.2. The van der Waals surface area contributed by atoms with Gasteiger partial charge in [0.1, 0.15) is 23.1 Å². The third kappa shape index (κ3) is 4.11. The molecule has 0 saturated heterocycles. The predicted molar refractivity (Wildman–Crippen MR) is 135 cm³/mol. The van der Waals surface area contributed by atoms with E-state index in [4.69, 9.17) is 14.2 Å². The molecule has 0 aromatic heterocycles. The van der Waals surface area contributed by atoms with Gasteiger partial charge in [-0.2, -0.15) is 0 Å². The van der Waals surface area contributed by atoms with Crippen molar-refractivity contribution in [2.45, 2.75) is 52.0 Å². The fourth-order valence-electron chi connectivity index (χ4n) is 4.69. The standard InChI is InChI=1S/C28H33O3P/c1-18-14-15-20(19(2)16-18)17-25-31-24-13-8-10-21(27(24)32(25)28(3,4)5)26-22(29-6)11-9-12-23(26)30-7/h8-16,25H,17H2,1-7H3/t25-,32+/m1/s1. The smallest absolute Gasteiger partial charge is 0.130 e. The highest BCUT2D eigenvalue weighted by Crippen LogP contribution is 2.61. The molecule has 3 nitrogen and oxygen atoms in total. The predicted octanol–water partition coefficient (Wildman–Crippen LogP) is 6.85. The molecule has 1 aliphatic heterocycles. The Balaban J connectivity index is 1.86. The normalized spacial score (nSPS) is 17.6. The number of hydrogen-bond donors (Lipinski definition) is 0. The maximum Gasteiger partial charge on any atom is 0.130 e. The van der Waals surface area contributed by atoms with E-state index in [0.29, 0.717) is 0 Å². The van der Waals surface area contributed by atoms with Crippen molar-refractivity contribution in [3.63, 3.8) is 0 Å². The molecule has 0 N–H and O–H groups in total. The molecule has 0 spiro atoms. The lowest BCUT2D eigenvalue weighted by Crippen LogP contribution is -2.26. The van der Waals surface area contributed by atoms with Crippen molar-refractivity contribution in [2.24, 2.45) is 0 Å². The summed E-state index contributed by atoms with van der Waals surface area (Å²) in [4.78, 5) is 0. The molecule has 3 aromatic rings. The molecule has 0 saturated carbocycles. The molecule has 168 valence electrons. The Bertz CT molecular complexity index is 1110. The van der Waals surface area contributed by atoms with E-state index in [1.165, 1.54) is 22.0 Å². The molecule has 2 atom stereocenters. The summed E-state index contributed by atoms with van der Waals surface area (Å²) in [6, 6.07) is 19.1. The first-order valence-electron chi connectivity index (χ1n) is 11.1. The summed E-state index contributed by atoms with van der Waals surface area (Å²) in [5.41, 5.74) is 6.15. The van der Waals surface area contributed by atoms with Crippen LogP contribution in [0.4, 0.5) is 0 Å². The molecule has 0 amide bonds. The lowest BCUT2D eigenvalue weighted by molar-refractivity contribution is 0.293. The van der Waals surface area contributed by atoms with Gasteiger partial charge in [0.25, 0.3) is 0 Å². The van der Waals surface area contributed by atoms with E-state index in [-0.39, 0.29) is 11.0 Å². The number of fused-ring (bicyclic) bond motifs is 1. The molecule has 0 aliphatic carbocycles. The second-order valence-corrected chi connectivity index (χ2v) is 12.5. The summed E-state index contributed by atoms with van der Waals surface area (Å²) in [6.45, 7) is 11.4. The Morgan fingerprint density at radius 2 is 1.56 bits per heavy atom. The van der Waals surface area contributed by atoms with Crippen LogP contribution in [-0.2, 0) is 6.42 Å². The van der Waals surface area contributed by atoms with Crippen molar-refractivity contribution < 1.29 is 14.2 Å². The lowest BCUT2D eigenvalue weighted by atomic mass is 10.0. The lowest BCUT2D eigenvalue weighted by Gasteiger charge is -2.33. The highest BCUT2D eigenvalue weighted by molar-refractivity contribution is 7.68. The Morgan fingerprint density at radius 1 is 0.906 bits per heavy atom. The maximum absolute atomic E-state index is 6.69. The minimum atomic E-state index is -0.622. The van der Waals surface area contributed by atoms with Crippen molar-refractivity contribution in [2.75, 3.05) is 14.2 Å². The maximum atomic E-state index is 6.69. The van der Waals surface area contributed by atoms with E-state index in [2.05, 4.69) is 71.0 Å². The number of benzene rings is 3. The van der Waals surface area contributed by atoms with E-state index < -0.39 is 7.92 Å². The second kappa shape index (κ2) is 8.79. The summed E-state index contributed by atoms with van der Waals surface area (Å²) in [5, 5.41) is 1.39. The number of methoxy groups -OCH3 is 2. The average molecular weight is 449 g/mol. The Labute approximate surface area is 193 Å². The Morgan fingerprint density at radius 3 is 2.16 bits per heavy atom. The number of rotatable bonds is 5. The molecular weight excluding hydrogens is 415 g/mol. The molecule has 0 fully saturated rings. The zero-order valence-corrected chi connectivity index (χ0v) is 21.0. The molecule has 1 aliphatic rings. The van der Waals surface area contributed by atoms with Gasteiger partial charge in [-0.15, -0.1) is 0 Å². The van der Waals surface area contributed by atoms with Gasteiger partial charge in [0.2, 0.25) is 0 Å². The van der Waals surface area contributed by atoms with Gasteiger partial charge in [-0.25, -0.2) is 0 Å². The van der Waals surface area contributed by atoms with Crippen LogP contribution in [-0.4, -0.2) is 25.2 Å². The van der Waals surface area contributed by atoms with Crippen LogP contribution in [0.15, 0.2) is 54.6 Å². The van der Waals surface area contributed by atoms with Gasteiger partial charge >= 0.3 is 0 Å². The average Bonchev–Trinajstić information content (AvgIpc) is 3.13. The minimum Gasteiger partial charge on any atom is -0.496 e. The summed E-state index contributed by atoms with van der Waals surface area (Å²) >= 11 is 0. The van der Waals surface area contributed by atoms with Crippen LogP contribution in [0.1, 0.15) is 37.5 Å². The number of aryl methyl sites for hydroxylation is 2. The molecule has 0 unspecified atom stereocenters. The molecule has 3 aromatic carbocycles. The van der Waals surface area contributed by atoms with Crippen LogP contribution in [0.25, 0.3) is 11.1 Å². The molecule has 0 bridgehead atoms. The SMILES string of the molecule is COc1cccc(OC)c1-c1cccc2c1[P@@](C(C)(C)C)[C@H](Cc1ccc(C)cc1C)O2. The second-order valence-electron chi connectivity index (χ2n) is 9.44. The first kappa shape index (κ1) is 22.7. The fraction of sp³-hybridized carbons (Fsp3) is 0.357. The van der Waals surface area contributed by atoms with Gasteiger partial charge < -0.3 is 14.2 Å². The van der Waals surface area contributed by atoms with E-state index >= 15 is 0 Å². The van der Waals surface area contributed by atoms with Gasteiger partial charge in [0.15, 0.2) is 0 Å². The van der Waals surface area contributed by atoms with Gasteiger partial charge in [-0.05, 0) is 56.3 Å². The van der Waals surface area contributed by atoms with E-state index in [1.807, 2.05) is 18.2 Å². The Kier molecular flexibility index (Phi) is 6.23.